The molecule has 2 aromatic rings. The van der Waals surface area contributed by atoms with E-state index in [9.17, 15) is 4.79 Å². The largest absolute Gasteiger partial charge is 0.338 e. The Morgan fingerprint density at radius 3 is 2.79 bits per heavy atom. The summed E-state index contributed by atoms with van der Waals surface area (Å²) in [6.07, 6.45) is 6.63. The quantitative estimate of drug-likeness (QED) is 0.787. The summed E-state index contributed by atoms with van der Waals surface area (Å²) in [5.41, 5.74) is 1.72. The summed E-state index contributed by atoms with van der Waals surface area (Å²) >= 11 is 0. The number of aromatic nitrogens is 2. The number of piperidine rings is 1. The summed E-state index contributed by atoms with van der Waals surface area (Å²) in [7, 11) is 0. The molecule has 0 bridgehead atoms. The van der Waals surface area contributed by atoms with Gasteiger partial charge in [-0.05, 0) is 30.4 Å². The summed E-state index contributed by atoms with van der Waals surface area (Å²) in [6.45, 7) is 6.17. The van der Waals surface area contributed by atoms with E-state index in [1.807, 2.05) is 27.6 Å². The molecular weight excluding hydrogens is 238 g/mol. The van der Waals surface area contributed by atoms with E-state index in [4.69, 9.17) is 0 Å². The van der Waals surface area contributed by atoms with E-state index in [1.165, 1.54) is 6.42 Å². The number of fused-ring (bicyclic) bond motifs is 1. The molecule has 0 aliphatic carbocycles. The number of imidazole rings is 1. The first kappa shape index (κ1) is 12.2. The molecule has 1 aliphatic heterocycles. The van der Waals surface area contributed by atoms with Crippen LogP contribution >= 0.6 is 0 Å². The highest BCUT2D eigenvalue weighted by Crippen LogP contribution is 2.22. The van der Waals surface area contributed by atoms with E-state index in [-0.39, 0.29) is 5.91 Å². The molecule has 2 unspecified atom stereocenters. The van der Waals surface area contributed by atoms with Crippen LogP contribution in [0, 0.1) is 11.8 Å². The van der Waals surface area contributed by atoms with E-state index >= 15 is 0 Å². The lowest BCUT2D eigenvalue weighted by Crippen LogP contribution is -2.42. The van der Waals surface area contributed by atoms with Crippen LogP contribution in [-0.2, 0) is 0 Å². The van der Waals surface area contributed by atoms with Crippen molar-refractivity contribution in [3.63, 3.8) is 0 Å². The van der Waals surface area contributed by atoms with Crippen LogP contribution in [0.25, 0.3) is 5.52 Å². The molecule has 4 heteroatoms. The first-order valence-electron chi connectivity index (χ1n) is 6.84. The van der Waals surface area contributed by atoms with Gasteiger partial charge in [0.1, 0.15) is 0 Å². The number of hydrogen-bond acceptors (Lipinski definition) is 2. The third kappa shape index (κ3) is 2.35. The average Bonchev–Trinajstić information content (AvgIpc) is 2.83. The van der Waals surface area contributed by atoms with Crippen molar-refractivity contribution in [2.45, 2.75) is 20.3 Å². The highest BCUT2D eigenvalue weighted by atomic mass is 16.2. The van der Waals surface area contributed by atoms with Crippen molar-refractivity contribution in [1.82, 2.24) is 14.3 Å². The molecule has 0 spiro atoms. The molecule has 1 aliphatic rings. The molecule has 0 radical (unpaired) electrons. The highest BCUT2D eigenvalue weighted by molar-refractivity contribution is 5.95. The maximum Gasteiger partial charge on any atom is 0.254 e. The minimum absolute atomic E-state index is 0.141. The van der Waals surface area contributed by atoms with Crippen molar-refractivity contribution in [3.8, 4) is 0 Å². The Morgan fingerprint density at radius 1 is 1.32 bits per heavy atom. The van der Waals surface area contributed by atoms with Gasteiger partial charge in [0.25, 0.3) is 5.91 Å². The van der Waals surface area contributed by atoms with E-state index in [0.717, 1.165) is 24.2 Å². The van der Waals surface area contributed by atoms with E-state index < -0.39 is 0 Å². The van der Waals surface area contributed by atoms with Crippen molar-refractivity contribution in [2.24, 2.45) is 11.8 Å². The van der Waals surface area contributed by atoms with Gasteiger partial charge in [-0.3, -0.25) is 4.79 Å². The van der Waals surface area contributed by atoms with Gasteiger partial charge in [0, 0.05) is 24.8 Å². The van der Waals surface area contributed by atoms with Crippen LogP contribution in [0.3, 0.4) is 0 Å². The van der Waals surface area contributed by atoms with Crippen molar-refractivity contribution in [1.29, 1.82) is 0 Å². The molecule has 0 N–H and O–H groups in total. The normalized spacial score (nSPS) is 23.8. The van der Waals surface area contributed by atoms with Gasteiger partial charge >= 0.3 is 0 Å². The fourth-order valence-electron chi connectivity index (χ4n) is 3.06. The summed E-state index contributed by atoms with van der Waals surface area (Å²) < 4.78 is 1.91. The summed E-state index contributed by atoms with van der Waals surface area (Å²) in [6, 6.07) is 3.79. The summed E-state index contributed by atoms with van der Waals surface area (Å²) in [5, 5.41) is 0. The number of hydrogen-bond donors (Lipinski definition) is 0. The van der Waals surface area contributed by atoms with E-state index in [0.29, 0.717) is 11.8 Å². The third-order valence-corrected chi connectivity index (χ3v) is 3.82. The van der Waals surface area contributed by atoms with Crippen LogP contribution in [0.5, 0.6) is 0 Å². The molecule has 1 saturated heterocycles. The zero-order valence-corrected chi connectivity index (χ0v) is 11.4. The lowest BCUT2D eigenvalue weighted by Gasteiger charge is -2.35. The van der Waals surface area contributed by atoms with Gasteiger partial charge in [-0.1, -0.05) is 13.8 Å². The van der Waals surface area contributed by atoms with Gasteiger partial charge in [0.15, 0.2) is 0 Å². The van der Waals surface area contributed by atoms with Gasteiger partial charge < -0.3 is 9.30 Å². The van der Waals surface area contributed by atoms with Gasteiger partial charge in [-0.2, -0.15) is 0 Å². The Hall–Kier alpha value is -1.84. The molecule has 3 rings (SSSR count). The minimum atomic E-state index is 0.141. The van der Waals surface area contributed by atoms with Crippen LogP contribution < -0.4 is 0 Å². The average molecular weight is 257 g/mol. The highest BCUT2D eigenvalue weighted by Gasteiger charge is 2.26. The van der Waals surface area contributed by atoms with Gasteiger partial charge in [-0.15, -0.1) is 0 Å². The van der Waals surface area contributed by atoms with E-state index in [2.05, 4.69) is 18.8 Å². The number of rotatable bonds is 1. The van der Waals surface area contributed by atoms with Gasteiger partial charge in [-0.25, -0.2) is 4.98 Å². The second kappa shape index (κ2) is 4.68. The zero-order valence-electron chi connectivity index (χ0n) is 11.4. The first-order chi connectivity index (χ1) is 9.13. The Balaban J connectivity index is 1.86. The SMILES string of the molecule is CC1CC(C)CN(C(=O)c2ccn3cncc3c2)C1. The topological polar surface area (TPSA) is 37.6 Å². The molecule has 1 amide bonds. The summed E-state index contributed by atoms with van der Waals surface area (Å²) in [4.78, 5) is 18.6. The molecule has 100 valence electrons. The lowest BCUT2D eigenvalue weighted by molar-refractivity contribution is 0.0623. The molecule has 0 saturated carbocycles. The Bertz CT molecular complexity index is 594. The van der Waals surface area contributed by atoms with Crippen molar-refractivity contribution < 1.29 is 4.79 Å². The molecule has 3 heterocycles. The van der Waals surface area contributed by atoms with Crippen molar-refractivity contribution in [2.75, 3.05) is 13.1 Å². The fourth-order valence-corrected chi connectivity index (χ4v) is 3.06. The second-order valence-electron chi connectivity index (χ2n) is 5.80. The Morgan fingerprint density at radius 2 is 2.05 bits per heavy atom. The molecular formula is C15H19N3O. The summed E-state index contributed by atoms with van der Waals surface area (Å²) in [5.74, 6) is 1.32. The molecule has 0 aromatic carbocycles. The third-order valence-electron chi connectivity index (χ3n) is 3.82. The minimum Gasteiger partial charge on any atom is -0.338 e. The maximum absolute atomic E-state index is 12.6. The number of amides is 1. The maximum atomic E-state index is 12.6. The standard InChI is InChI=1S/C15H19N3O/c1-11-5-12(2)9-18(8-11)15(19)13-3-4-17-10-16-7-14(17)6-13/h3-4,6-7,10-12H,5,8-9H2,1-2H3. The molecule has 2 aromatic heterocycles. The number of pyridine rings is 1. The van der Waals surface area contributed by atoms with Gasteiger partial charge in [0.05, 0.1) is 18.0 Å². The number of carbonyl (C=O) groups excluding carboxylic acids is 1. The van der Waals surface area contributed by atoms with Crippen LogP contribution in [0.4, 0.5) is 0 Å². The number of carbonyl (C=O) groups is 1. The molecule has 19 heavy (non-hydrogen) atoms. The molecule has 4 nitrogen and oxygen atoms in total. The van der Waals surface area contributed by atoms with Crippen LogP contribution in [0.15, 0.2) is 30.9 Å². The zero-order chi connectivity index (χ0) is 13.4. The predicted octanol–water partition coefficient (Wildman–Crippen LogP) is 2.45. The Kier molecular flexibility index (Phi) is 3.01. The monoisotopic (exact) mass is 257 g/mol. The van der Waals surface area contributed by atoms with Crippen LogP contribution in [-0.4, -0.2) is 33.3 Å². The molecule has 1 fully saturated rings. The smallest absolute Gasteiger partial charge is 0.254 e. The fraction of sp³-hybridized carbons (Fsp3) is 0.467. The van der Waals surface area contributed by atoms with Crippen LogP contribution in [0.2, 0.25) is 0 Å². The number of likely N-dealkylation sites (tertiary alicyclic amines) is 1. The second-order valence-corrected chi connectivity index (χ2v) is 5.80. The lowest BCUT2D eigenvalue weighted by atomic mass is 9.91. The van der Waals surface area contributed by atoms with Crippen molar-refractivity contribution >= 4 is 11.4 Å². The van der Waals surface area contributed by atoms with Crippen LogP contribution in [0.1, 0.15) is 30.6 Å². The van der Waals surface area contributed by atoms with E-state index in [1.54, 1.807) is 12.5 Å². The Labute approximate surface area is 113 Å². The van der Waals surface area contributed by atoms with Gasteiger partial charge in [0.2, 0.25) is 0 Å². The van der Waals surface area contributed by atoms with Crippen molar-refractivity contribution in [3.05, 3.63) is 36.4 Å². The first-order valence-corrected chi connectivity index (χ1v) is 6.84. The predicted molar refractivity (Wildman–Crippen MR) is 74.0 cm³/mol. The molecule has 2 atom stereocenters. The number of nitrogens with zero attached hydrogens (tertiary/aromatic N) is 3.